The van der Waals surface area contributed by atoms with Crippen LogP contribution in [0.25, 0.3) is 0 Å². The number of anilines is 1. The molecule has 0 aliphatic carbocycles. The van der Waals surface area contributed by atoms with Crippen molar-refractivity contribution in [2.75, 3.05) is 39.3 Å². The summed E-state index contributed by atoms with van der Waals surface area (Å²) in [5.74, 6) is -0.331. The van der Waals surface area contributed by atoms with Gasteiger partial charge in [-0.3, -0.25) is 4.79 Å². The zero-order valence-electron chi connectivity index (χ0n) is 11.4. The lowest BCUT2D eigenvalue weighted by Gasteiger charge is -2.23. The number of amides is 1. The van der Waals surface area contributed by atoms with Crippen molar-refractivity contribution >= 4 is 11.6 Å². The summed E-state index contributed by atoms with van der Waals surface area (Å²) >= 11 is 0. The average molecular weight is 284 g/mol. The molecule has 0 radical (unpaired) electrons. The lowest BCUT2D eigenvalue weighted by Crippen LogP contribution is -2.48. The summed E-state index contributed by atoms with van der Waals surface area (Å²) in [5.41, 5.74) is 0.0417. The number of rotatable bonds is 4. The summed E-state index contributed by atoms with van der Waals surface area (Å²) in [6.07, 6.45) is 0. The zero-order chi connectivity index (χ0) is 14.5. The van der Waals surface area contributed by atoms with Crippen molar-refractivity contribution < 1.29 is 23.4 Å². The molecule has 0 saturated carbocycles. The molecule has 1 aliphatic rings. The van der Waals surface area contributed by atoms with E-state index in [1.54, 1.807) is 0 Å². The number of halogens is 1. The highest BCUT2D eigenvalue weighted by molar-refractivity contribution is 5.95. The van der Waals surface area contributed by atoms with Crippen molar-refractivity contribution in [3.63, 3.8) is 0 Å². The summed E-state index contributed by atoms with van der Waals surface area (Å²) in [6, 6.07) is 2.06. The monoisotopic (exact) mass is 284 g/mol. The number of hydrogen-bond donors (Lipinski definition) is 2. The van der Waals surface area contributed by atoms with Gasteiger partial charge in [0.2, 0.25) is 5.91 Å². The maximum atomic E-state index is 13.9. The molecule has 1 saturated heterocycles. The Balaban J connectivity index is 2.13. The van der Waals surface area contributed by atoms with Crippen LogP contribution in [-0.2, 0) is 9.53 Å². The fourth-order valence-corrected chi connectivity index (χ4v) is 1.90. The van der Waals surface area contributed by atoms with Crippen molar-refractivity contribution in [1.29, 1.82) is 0 Å². The maximum absolute atomic E-state index is 13.9. The fourth-order valence-electron chi connectivity index (χ4n) is 1.90. The fraction of sp³-hybridized carbons (Fsp3) is 0.462. The summed E-state index contributed by atoms with van der Waals surface area (Å²) in [5, 5.41) is 5.51. The highest BCUT2D eigenvalue weighted by atomic mass is 19.1. The lowest BCUT2D eigenvalue weighted by atomic mass is 10.2. The van der Waals surface area contributed by atoms with E-state index in [0.717, 1.165) is 0 Å². The van der Waals surface area contributed by atoms with E-state index in [2.05, 4.69) is 10.6 Å². The highest BCUT2D eigenvalue weighted by Crippen LogP contribution is 2.32. The van der Waals surface area contributed by atoms with Crippen LogP contribution >= 0.6 is 0 Å². The number of hydrogen-bond acceptors (Lipinski definition) is 5. The Kier molecular flexibility index (Phi) is 4.75. The average Bonchev–Trinajstić information content (AvgIpc) is 2.49. The van der Waals surface area contributed by atoms with Crippen LogP contribution in [0, 0.1) is 5.82 Å². The van der Waals surface area contributed by atoms with E-state index in [4.69, 9.17) is 14.2 Å². The van der Waals surface area contributed by atoms with Gasteiger partial charge in [0.05, 0.1) is 33.1 Å². The summed E-state index contributed by atoms with van der Waals surface area (Å²) in [6.45, 7) is 1.42. The van der Waals surface area contributed by atoms with E-state index in [0.29, 0.717) is 18.9 Å². The number of carbonyl (C=O) groups is 1. The molecule has 1 unspecified atom stereocenters. The Morgan fingerprint density at radius 2 is 2.10 bits per heavy atom. The van der Waals surface area contributed by atoms with Gasteiger partial charge in [-0.25, -0.2) is 4.39 Å². The molecule has 110 valence electrons. The largest absolute Gasteiger partial charge is 0.493 e. The molecule has 1 amide bonds. The van der Waals surface area contributed by atoms with Crippen molar-refractivity contribution in [2.45, 2.75) is 6.04 Å². The molecule has 0 bridgehead atoms. The molecule has 0 aromatic heterocycles. The van der Waals surface area contributed by atoms with Crippen LogP contribution in [0.15, 0.2) is 12.1 Å². The Hall–Kier alpha value is -1.86. The SMILES string of the molecule is COc1cc(F)c(NC(=O)C2COCCN2)cc1OC. The summed E-state index contributed by atoms with van der Waals surface area (Å²) in [7, 11) is 2.86. The van der Waals surface area contributed by atoms with E-state index < -0.39 is 11.9 Å². The summed E-state index contributed by atoms with van der Waals surface area (Å²) < 4.78 is 29.1. The van der Waals surface area contributed by atoms with E-state index >= 15 is 0 Å². The smallest absolute Gasteiger partial charge is 0.243 e. The second-order valence-corrected chi connectivity index (χ2v) is 4.26. The van der Waals surface area contributed by atoms with E-state index in [-0.39, 0.29) is 24.0 Å². The topological polar surface area (TPSA) is 68.8 Å². The molecule has 1 aromatic carbocycles. The highest BCUT2D eigenvalue weighted by Gasteiger charge is 2.22. The van der Waals surface area contributed by atoms with Gasteiger partial charge in [0.15, 0.2) is 17.3 Å². The Bertz CT molecular complexity index is 490. The molecule has 1 heterocycles. The first kappa shape index (κ1) is 14.5. The number of morpholine rings is 1. The third-order valence-electron chi connectivity index (χ3n) is 2.97. The molecule has 1 aromatic rings. The minimum atomic E-state index is -0.590. The Morgan fingerprint density at radius 3 is 2.70 bits per heavy atom. The van der Waals surface area contributed by atoms with E-state index in [9.17, 15) is 9.18 Å². The number of nitrogens with one attached hydrogen (secondary N) is 2. The predicted molar refractivity (Wildman–Crippen MR) is 70.7 cm³/mol. The molecule has 2 N–H and O–H groups in total. The van der Waals surface area contributed by atoms with Gasteiger partial charge in [0.25, 0.3) is 0 Å². The molecule has 7 heteroatoms. The van der Waals surface area contributed by atoms with Crippen molar-refractivity contribution in [3.8, 4) is 11.5 Å². The van der Waals surface area contributed by atoms with Crippen LogP contribution in [-0.4, -0.2) is 45.9 Å². The first-order valence-corrected chi connectivity index (χ1v) is 6.19. The number of benzene rings is 1. The van der Waals surface area contributed by atoms with Gasteiger partial charge in [-0.05, 0) is 0 Å². The predicted octanol–water partition coefficient (Wildman–Crippen LogP) is 0.770. The van der Waals surface area contributed by atoms with Gasteiger partial charge in [0, 0.05) is 18.7 Å². The second kappa shape index (κ2) is 6.53. The first-order chi connectivity index (χ1) is 9.65. The van der Waals surface area contributed by atoms with Gasteiger partial charge in [-0.15, -0.1) is 0 Å². The van der Waals surface area contributed by atoms with E-state index in [1.165, 1.54) is 26.4 Å². The number of carbonyl (C=O) groups excluding carboxylic acids is 1. The maximum Gasteiger partial charge on any atom is 0.243 e. The van der Waals surface area contributed by atoms with Gasteiger partial charge < -0.3 is 24.8 Å². The second-order valence-electron chi connectivity index (χ2n) is 4.26. The van der Waals surface area contributed by atoms with Gasteiger partial charge >= 0.3 is 0 Å². The zero-order valence-corrected chi connectivity index (χ0v) is 11.4. The quantitative estimate of drug-likeness (QED) is 0.854. The molecule has 20 heavy (non-hydrogen) atoms. The van der Waals surface area contributed by atoms with Crippen LogP contribution in [0.3, 0.4) is 0 Å². The molecule has 2 rings (SSSR count). The van der Waals surface area contributed by atoms with Crippen LogP contribution in [0.1, 0.15) is 0 Å². The number of methoxy groups -OCH3 is 2. The van der Waals surface area contributed by atoms with Crippen LogP contribution in [0.4, 0.5) is 10.1 Å². The van der Waals surface area contributed by atoms with Crippen LogP contribution in [0.5, 0.6) is 11.5 Å². The van der Waals surface area contributed by atoms with Crippen molar-refractivity contribution in [2.24, 2.45) is 0 Å². The molecule has 1 atom stereocenters. The van der Waals surface area contributed by atoms with Crippen LogP contribution < -0.4 is 20.1 Å². The normalized spacial score (nSPS) is 18.4. The third-order valence-corrected chi connectivity index (χ3v) is 2.97. The standard InChI is InChI=1S/C13H17FN2O4/c1-18-11-5-8(14)9(6-12(11)19-2)16-13(17)10-7-20-4-3-15-10/h5-6,10,15H,3-4,7H2,1-2H3,(H,16,17). The lowest BCUT2D eigenvalue weighted by molar-refractivity contribution is -0.120. The molecule has 1 aliphatic heterocycles. The first-order valence-electron chi connectivity index (χ1n) is 6.19. The van der Waals surface area contributed by atoms with Gasteiger partial charge in [-0.2, -0.15) is 0 Å². The van der Waals surface area contributed by atoms with Crippen LogP contribution in [0.2, 0.25) is 0 Å². The van der Waals surface area contributed by atoms with E-state index in [1.807, 2.05) is 0 Å². The molecular weight excluding hydrogens is 267 g/mol. The molecular formula is C13H17FN2O4. The third kappa shape index (κ3) is 3.17. The number of ether oxygens (including phenoxy) is 3. The van der Waals surface area contributed by atoms with Crippen molar-refractivity contribution in [1.82, 2.24) is 5.32 Å². The minimum Gasteiger partial charge on any atom is -0.493 e. The summed E-state index contributed by atoms with van der Waals surface area (Å²) in [4.78, 5) is 12.0. The van der Waals surface area contributed by atoms with Gasteiger partial charge in [-0.1, -0.05) is 0 Å². The minimum absolute atomic E-state index is 0.0417. The van der Waals surface area contributed by atoms with Crippen molar-refractivity contribution in [3.05, 3.63) is 17.9 Å². The Labute approximate surface area is 116 Å². The molecule has 1 fully saturated rings. The van der Waals surface area contributed by atoms with Gasteiger partial charge in [0.1, 0.15) is 6.04 Å². The Morgan fingerprint density at radius 1 is 1.40 bits per heavy atom. The molecule has 6 nitrogen and oxygen atoms in total. The molecule has 0 spiro atoms.